The number of nitrogens with one attached hydrogen (secondary N) is 1. The number of aromatic nitrogens is 1. The van der Waals surface area contributed by atoms with Crippen molar-refractivity contribution in [2.75, 3.05) is 6.61 Å². The second-order valence-electron chi connectivity index (χ2n) is 5.00. The molecule has 3 aromatic rings. The summed E-state index contributed by atoms with van der Waals surface area (Å²) in [4.78, 5) is 16.7. The molecule has 0 unspecified atom stereocenters. The molecular formula is C18H17N3O2. The third-order valence-electron chi connectivity index (χ3n) is 3.55. The predicted molar refractivity (Wildman–Crippen MR) is 90.0 cm³/mol. The van der Waals surface area contributed by atoms with Crippen molar-refractivity contribution in [3.05, 3.63) is 60.2 Å². The van der Waals surface area contributed by atoms with Gasteiger partial charge in [0.25, 0.3) is 5.91 Å². The largest absolute Gasteiger partial charge is 0.494 e. The third-order valence-corrected chi connectivity index (χ3v) is 3.55. The Bertz CT molecular complexity index is 845. The second kappa shape index (κ2) is 6.46. The van der Waals surface area contributed by atoms with Crippen molar-refractivity contribution in [1.29, 1.82) is 0 Å². The van der Waals surface area contributed by atoms with Crippen molar-refractivity contribution in [2.45, 2.75) is 6.92 Å². The number of hydrogen-bond donors (Lipinski definition) is 2. The molecule has 3 rings (SSSR count). The minimum absolute atomic E-state index is 0.337. The quantitative estimate of drug-likeness (QED) is 0.441. The van der Waals surface area contributed by atoms with Crippen LogP contribution >= 0.6 is 0 Å². The summed E-state index contributed by atoms with van der Waals surface area (Å²) >= 11 is 0. The van der Waals surface area contributed by atoms with Gasteiger partial charge in [0.2, 0.25) is 0 Å². The number of nitrogen functional groups attached to an aromatic ring is 1. The zero-order chi connectivity index (χ0) is 16.2. The van der Waals surface area contributed by atoms with Crippen LogP contribution in [0.25, 0.3) is 22.2 Å². The lowest BCUT2D eigenvalue weighted by Crippen LogP contribution is -2.30. The Morgan fingerprint density at radius 3 is 2.61 bits per heavy atom. The number of rotatable bonds is 4. The molecule has 5 nitrogen and oxygen atoms in total. The SMILES string of the molecule is CCOc1ccc(-c2cc(C(=O)NN)c3ccccc3n2)cc1. The lowest BCUT2D eigenvalue weighted by Gasteiger charge is -2.09. The monoisotopic (exact) mass is 307 g/mol. The highest BCUT2D eigenvalue weighted by atomic mass is 16.5. The summed E-state index contributed by atoms with van der Waals surface area (Å²) in [6.45, 7) is 2.56. The van der Waals surface area contributed by atoms with Gasteiger partial charge >= 0.3 is 0 Å². The van der Waals surface area contributed by atoms with Crippen molar-refractivity contribution in [3.63, 3.8) is 0 Å². The molecule has 1 heterocycles. The van der Waals surface area contributed by atoms with Crippen LogP contribution < -0.4 is 16.0 Å². The van der Waals surface area contributed by atoms with Gasteiger partial charge in [0.1, 0.15) is 5.75 Å². The molecule has 1 aromatic heterocycles. The minimum atomic E-state index is -0.337. The molecule has 0 atom stereocenters. The predicted octanol–water partition coefficient (Wildman–Crippen LogP) is 2.90. The van der Waals surface area contributed by atoms with Gasteiger partial charge < -0.3 is 4.74 Å². The van der Waals surface area contributed by atoms with Crippen LogP contribution in [0.1, 0.15) is 17.3 Å². The average Bonchev–Trinajstić information content (AvgIpc) is 2.61. The highest BCUT2D eigenvalue weighted by Gasteiger charge is 2.12. The number of nitrogens with zero attached hydrogens (tertiary/aromatic N) is 1. The van der Waals surface area contributed by atoms with E-state index in [2.05, 4.69) is 10.4 Å². The second-order valence-corrected chi connectivity index (χ2v) is 5.00. The molecule has 0 aliphatic heterocycles. The Labute approximate surface area is 134 Å². The minimum Gasteiger partial charge on any atom is -0.494 e. The molecule has 0 saturated heterocycles. The first-order valence-electron chi connectivity index (χ1n) is 7.37. The Morgan fingerprint density at radius 1 is 1.17 bits per heavy atom. The van der Waals surface area contributed by atoms with E-state index in [1.807, 2.05) is 55.5 Å². The van der Waals surface area contributed by atoms with Crippen LogP contribution in [0.3, 0.4) is 0 Å². The highest BCUT2D eigenvalue weighted by molar-refractivity contribution is 6.06. The lowest BCUT2D eigenvalue weighted by atomic mass is 10.0. The Kier molecular flexibility index (Phi) is 4.21. The zero-order valence-corrected chi connectivity index (χ0v) is 12.7. The molecule has 0 saturated carbocycles. The molecule has 0 bridgehead atoms. The van der Waals surface area contributed by atoms with Crippen molar-refractivity contribution in [3.8, 4) is 17.0 Å². The summed E-state index contributed by atoms with van der Waals surface area (Å²) in [5.74, 6) is 5.77. The number of benzene rings is 2. The first-order chi connectivity index (χ1) is 11.2. The van der Waals surface area contributed by atoms with Gasteiger partial charge in [-0.1, -0.05) is 18.2 Å². The van der Waals surface area contributed by atoms with E-state index < -0.39 is 0 Å². The van der Waals surface area contributed by atoms with E-state index in [-0.39, 0.29) is 5.91 Å². The van der Waals surface area contributed by atoms with Crippen molar-refractivity contribution in [2.24, 2.45) is 5.84 Å². The molecule has 0 aliphatic carbocycles. The van der Waals surface area contributed by atoms with E-state index in [9.17, 15) is 4.79 Å². The number of pyridine rings is 1. The van der Waals surface area contributed by atoms with E-state index >= 15 is 0 Å². The van der Waals surface area contributed by atoms with Crippen LogP contribution in [0.4, 0.5) is 0 Å². The zero-order valence-electron chi connectivity index (χ0n) is 12.7. The fourth-order valence-electron chi connectivity index (χ4n) is 2.48. The van der Waals surface area contributed by atoms with E-state index in [1.165, 1.54) is 0 Å². The number of carbonyl (C=O) groups excluding carboxylic acids is 1. The number of hydrogen-bond acceptors (Lipinski definition) is 4. The van der Waals surface area contributed by atoms with Crippen LogP contribution in [0.15, 0.2) is 54.6 Å². The van der Waals surface area contributed by atoms with E-state index in [1.54, 1.807) is 6.07 Å². The Hall–Kier alpha value is -2.92. The van der Waals surface area contributed by atoms with Gasteiger partial charge in [-0.3, -0.25) is 10.2 Å². The fourth-order valence-corrected chi connectivity index (χ4v) is 2.48. The molecule has 23 heavy (non-hydrogen) atoms. The number of amides is 1. The van der Waals surface area contributed by atoms with Crippen molar-refractivity contribution >= 4 is 16.8 Å². The molecule has 0 radical (unpaired) electrons. The van der Waals surface area contributed by atoms with Crippen molar-refractivity contribution in [1.82, 2.24) is 10.4 Å². The van der Waals surface area contributed by atoms with E-state index in [0.717, 1.165) is 22.2 Å². The molecule has 2 aromatic carbocycles. The maximum Gasteiger partial charge on any atom is 0.265 e. The molecule has 0 fully saturated rings. The number of ether oxygens (including phenoxy) is 1. The standard InChI is InChI=1S/C18H17N3O2/c1-2-23-13-9-7-12(8-10-13)17-11-15(18(22)21-19)14-5-3-4-6-16(14)20-17/h3-11H,2,19H2,1H3,(H,21,22). The van der Waals surface area contributed by atoms with Crippen LogP contribution in [0.2, 0.25) is 0 Å². The summed E-state index contributed by atoms with van der Waals surface area (Å²) in [5, 5.41) is 0.769. The first-order valence-corrected chi connectivity index (χ1v) is 7.37. The van der Waals surface area contributed by atoms with Gasteiger partial charge in [-0.15, -0.1) is 0 Å². The van der Waals surface area contributed by atoms with Crippen LogP contribution in [0, 0.1) is 0 Å². The maximum atomic E-state index is 12.1. The van der Waals surface area contributed by atoms with E-state index in [4.69, 9.17) is 10.6 Å². The molecule has 116 valence electrons. The summed E-state index contributed by atoms with van der Waals surface area (Å²) < 4.78 is 5.45. The highest BCUT2D eigenvalue weighted by Crippen LogP contribution is 2.26. The summed E-state index contributed by atoms with van der Waals surface area (Å²) in [5.41, 5.74) is 5.06. The summed E-state index contributed by atoms with van der Waals surface area (Å²) in [6, 6.07) is 16.9. The topological polar surface area (TPSA) is 77.2 Å². The molecular weight excluding hydrogens is 290 g/mol. The Balaban J connectivity index is 2.12. The number of para-hydroxylation sites is 1. The summed E-state index contributed by atoms with van der Waals surface area (Å²) in [6.07, 6.45) is 0. The van der Waals surface area contributed by atoms with Gasteiger partial charge in [-0.25, -0.2) is 10.8 Å². The number of nitrogens with two attached hydrogens (primary N) is 1. The van der Waals surface area contributed by atoms with Gasteiger partial charge in [-0.2, -0.15) is 0 Å². The lowest BCUT2D eigenvalue weighted by molar-refractivity contribution is 0.0955. The van der Waals surface area contributed by atoms with Crippen LogP contribution in [-0.4, -0.2) is 17.5 Å². The van der Waals surface area contributed by atoms with E-state index in [0.29, 0.717) is 17.9 Å². The summed E-state index contributed by atoms with van der Waals surface area (Å²) in [7, 11) is 0. The van der Waals surface area contributed by atoms with Gasteiger partial charge in [0, 0.05) is 10.9 Å². The molecule has 0 spiro atoms. The third kappa shape index (κ3) is 3.00. The number of hydrazine groups is 1. The normalized spacial score (nSPS) is 10.5. The molecule has 0 aliphatic rings. The smallest absolute Gasteiger partial charge is 0.265 e. The maximum absolute atomic E-state index is 12.1. The number of carbonyl (C=O) groups is 1. The number of fused-ring (bicyclic) bond motifs is 1. The van der Waals surface area contributed by atoms with Crippen molar-refractivity contribution < 1.29 is 9.53 Å². The van der Waals surface area contributed by atoms with Gasteiger partial charge in [0.15, 0.2) is 0 Å². The van der Waals surface area contributed by atoms with Crippen LogP contribution in [-0.2, 0) is 0 Å². The Morgan fingerprint density at radius 2 is 1.91 bits per heavy atom. The first kappa shape index (κ1) is 15.0. The van der Waals surface area contributed by atoms with Gasteiger partial charge in [0.05, 0.1) is 23.4 Å². The average molecular weight is 307 g/mol. The fraction of sp³-hybridized carbons (Fsp3) is 0.111. The molecule has 3 N–H and O–H groups in total. The molecule has 1 amide bonds. The molecule has 5 heteroatoms. The van der Waals surface area contributed by atoms with Gasteiger partial charge in [-0.05, 0) is 43.3 Å². The van der Waals surface area contributed by atoms with Crippen LogP contribution in [0.5, 0.6) is 5.75 Å².